The first kappa shape index (κ1) is 18.3. The molecule has 2 aliphatic rings. The van der Waals surface area contributed by atoms with Gasteiger partial charge >= 0.3 is 0 Å². The van der Waals surface area contributed by atoms with E-state index in [0.29, 0.717) is 6.54 Å². The van der Waals surface area contributed by atoms with Gasteiger partial charge in [-0.25, -0.2) is 0 Å². The Balaban J connectivity index is 1.58. The van der Waals surface area contributed by atoms with E-state index in [1.807, 2.05) is 18.2 Å². The molecule has 0 spiro atoms. The van der Waals surface area contributed by atoms with E-state index in [1.54, 1.807) is 12.1 Å². The topological polar surface area (TPSA) is 90.7 Å². The van der Waals surface area contributed by atoms with Crippen molar-refractivity contribution in [1.29, 1.82) is 0 Å². The monoisotopic (exact) mass is 382 g/mol. The number of benzene rings is 2. The van der Waals surface area contributed by atoms with Crippen LogP contribution >= 0.6 is 0 Å². The molecule has 0 bridgehead atoms. The normalized spacial score (nSPS) is 17.1. The van der Waals surface area contributed by atoms with Crippen molar-refractivity contribution in [3.8, 4) is 11.5 Å². The van der Waals surface area contributed by atoms with Gasteiger partial charge in [0, 0.05) is 18.0 Å². The second kappa shape index (κ2) is 7.50. The summed E-state index contributed by atoms with van der Waals surface area (Å²) in [6.45, 7) is 0.651. The molecule has 1 heterocycles. The molecule has 146 valence electrons. The minimum atomic E-state index is -0.525. The average Bonchev–Trinajstić information content (AvgIpc) is 3.20. The van der Waals surface area contributed by atoms with E-state index < -0.39 is 10.8 Å². The smallest absolute Gasteiger partial charge is 0.282 e. The molecule has 0 atom stereocenters. The molecular weight excluding hydrogens is 360 g/mol. The Morgan fingerprint density at radius 3 is 2.61 bits per heavy atom. The number of nitrogens with one attached hydrogen (secondary N) is 1. The number of fused-ring (bicyclic) bond motifs is 1. The predicted molar refractivity (Wildman–Crippen MR) is 103 cm³/mol. The highest BCUT2D eigenvalue weighted by atomic mass is 16.7. The van der Waals surface area contributed by atoms with Crippen LogP contribution in [0.25, 0.3) is 0 Å². The van der Waals surface area contributed by atoms with E-state index >= 15 is 0 Å². The first-order valence-corrected chi connectivity index (χ1v) is 9.51. The number of amides is 1. The summed E-state index contributed by atoms with van der Waals surface area (Å²) in [5.41, 5.74) is 0.808. The molecular formula is C21H22N2O5. The maximum absolute atomic E-state index is 12.7. The lowest BCUT2D eigenvalue weighted by Crippen LogP contribution is -2.42. The first-order valence-electron chi connectivity index (χ1n) is 9.51. The average molecular weight is 382 g/mol. The fourth-order valence-electron chi connectivity index (χ4n) is 4.19. The number of rotatable bonds is 5. The summed E-state index contributed by atoms with van der Waals surface area (Å²) in [7, 11) is 0. The third-order valence-electron chi connectivity index (χ3n) is 5.73. The van der Waals surface area contributed by atoms with Gasteiger partial charge in [-0.3, -0.25) is 14.9 Å². The maximum atomic E-state index is 12.7. The van der Waals surface area contributed by atoms with Crippen molar-refractivity contribution in [1.82, 2.24) is 5.32 Å². The summed E-state index contributed by atoms with van der Waals surface area (Å²) in [6.07, 6.45) is 5.23. The number of nitrogens with zero attached hydrogens (tertiary/aromatic N) is 1. The summed E-state index contributed by atoms with van der Waals surface area (Å²) < 4.78 is 10.9. The van der Waals surface area contributed by atoms with Gasteiger partial charge < -0.3 is 14.8 Å². The standard InChI is InChI=1S/C21H22N2O5/c24-20(16-6-2-3-7-17(16)23(25)26)22-13-21(10-4-1-5-11-21)15-8-9-18-19(12-15)28-14-27-18/h2-3,6-9,12H,1,4-5,10-11,13-14H2,(H,22,24). The van der Waals surface area contributed by atoms with Crippen LogP contribution in [-0.2, 0) is 5.41 Å². The van der Waals surface area contributed by atoms with Crippen LogP contribution in [0.2, 0.25) is 0 Å². The molecule has 1 aliphatic heterocycles. The number of carbonyl (C=O) groups excluding carboxylic acids is 1. The van der Waals surface area contributed by atoms with Gasteiger partial charge in [0.1, 0.15) is 5.56 Å². The van der Waals surface area contributed by atoms with Crippen LogP contribution in [-0.4, -0.2) is 24.2 Å². The van der Waals surface area contributed by atoms with Crippen molar-refractivity contribution in [2.75, 3.05) is 13.3 Å². The maximum Gasteiger partial charge on any atom is 0.282 e. The lowest BCUT2D eigenvalue weighted by molar-refractivity contribution is -0.385. The largest absolute Gasteiger partial charge is 0.454 e. The second-order valence-corrected chi connectivity index (χ2v) is 7.37. The Labute approximate surface area is 162 Å². The summed E-state index contributed by atoms with van der Waals surface area (Å²) in [5.74, 6) is 1.05. The van der Waals surface area contributed by atoms with Crippen molar-refractivity contribution in [3.05, 3.63) is 63.7 Å². The number of para-hydroxylation sites is 1. The van der Waals surface area contributed by atoms with E-state index in [-0.39, 0.29) is 23.5 Å². The minimum absolute atomic E-state index is 0.0872. The third kappa shape index (κ3) is 3.40. The molecule has 7 nitrogen and oxygen atoms in total. The Bertz CT molecular complexity index is 905. The molecule has 2 aromatic carbocycles. The van der Waals surface area contributed by atoms with Crippen LogP contribution in [0, 0.1) is 10.1 Å². The summed E-state index contributed by atoms with van der Waals surface area (Å²) in [6, 6.07) is 12.0. The van der Waals surface area contributed by atoms with Crippen LogP contribution < -0.4 is 14.8 Å². The van der Waals surface area contributed by atoms with Crippen LogP contribution in [0.15, 0.2) is 42.5 Å². The predicted octanol–water partition coefficient (Wildman–Crippen LogP) is 3.96. The molecule has 28 heavy (non-hydrogen) atoms. The number of hydrogen-bond donors (Lipinski definition) is 1. The van der Waals surface area contributed by atoms with Crippen molar-refractivity contribution in [2.45, 2.75) is 37.5 Å². The highest BCUT2D eigenvalue weighted by molar-refractivity contribution is 5.98. The van der Waals surface area contributed by atoms with Crippen molar-refractivity contribution >= 4 is 11.6 Å². The fourth-order valence-corrected chi connectivity index (χ4v) is 4.19. The molecule has 0 saturated heterocycles. The zero-order chi connectivity index (χ0) is 19.6. The highest BCUT2D eigenvalue weighted by Gasteiger charge is 2.36. The Hall–Kier alpha value is -3.09. The Kier molecular flexibility index (Phi) is 4.90. The minimum Gasteiger partial charge on any atom is -0.454 e. The van der Waals surface area contributed by atoms with E-state index in [4.69, 9.17) is 9.47 Å². The third-order valence-corrected chi connectivity index (χ3v) is 5.73. The quantitative estimate of drug-likeness (QED) is 0.624. The van der Waals surface area contributed by atoms with Gasteiger partial charge in [-0.15, -0.1) is 0 Å². The number of hydrogen-bond acceptors (Lipinski definition) is 5. The van der Waals surface area contributed by atoms with E-state index in [9.17, 15) is 14.9 Å². The molecule has 2 aromatic rings. The fraction of sp³-hybridized carbons (Fsp3) is 0.381. The molecule has 1 fully saturated rings. The van der Waals surface area contributed by atoms with E-state index in [1.165, 1.54) is 18.6 Å². The molecule has 1 aliphatic carbocycles. The zero-order valence-electron chi connectivity index (χ0n) is 15.5. The van der Waals surface area contributed by atoms with E-state index in [2.05, 4.69) is 5.32 Å². The molecule has 7 heteroatoms. The number of nitro benzene ring substituents is 1. The Morgan fingerprint density at radius 2 is 1.82 bits per heavy atom. The molecule has 1 N–H and O–H groups in total. The van der Waals surface area contributed by atoms with Crippen LogP contribution in [0.4, 0.5) is 5.69 Å². The summed E-state index contributed by atoms with van der Waals surface area (Å²) in [5, 5.41) is 14.2. The molecule has 1 amide bonds. The van der Waals surface area contributed by atoms with Gasteiger partial charge in [0.05, 0.1) is 4.92 Å². The van der Waals surface area contributed by atoms with Gasteiger partial charge in [-0.1, -0.05) is 37.5 Å². The van der Waals surface area contributed by atoms with Gasteiger partial charge in [-0.2, -0.15) is 0 Å². The molecule has 4 rings (SSSR count). The number of ether oxygens (including phenoxy) is 2. The molecule has 0 aromatic heterocycles. The molecule has 0 radical (unpaired) electrons. The van der Waals surface area contributed by atoms with Crippen molar-refractivity contribution in [3.63, 3.8) is 0 Å². The molecule has 1 saturated carbocycles. The van der Waals surface area contributed by atoms with E-state index in [0.717, 1.165) is 42.7 Å². The highest BCUT2D eigenvalue weighted by Crippen LogP contribution is 2.43. The number of carbonyl (C=O) groups is 1. The van der Waals surface area contributed by atoms with Gasteiger partial charge in [0.15, 0.2) is 11.5 Å². The SMILES string of the molecule is O=C(NCC1(c2ccc3c(c2)OCO3)CCCCC1)c1ccccc1[N+](=O)[O-]. The van der Waals surface area contributed by atoms with Gasteiger partial charge in [-0.05, 0) is 36.6 Å². The van der Waals surface area contributed by atoms with Crippen molar-refractivity contribution in [2.24, 2.45) is 0 Å². The number of nitro groups is 1. The van der Waals surface area contributed by atoms with Crippen LogP contribution in [0.5, 0.6) is 11.5 Å². The summed E-state index contributed by atoms with van der Waals surface area (Å²) in [4.78, 5) is 23.4. The Morgan fingerprint density at radius 1 is 1.07 bits per heavy atom. The second-order valence-electron chi connectivity index (χ2n) is 7.37. The lowest BCUT2D eigenvalue weighted by Gasteiger charge is -2.38. The lowest BCUT2D eigenvalue weighted by atomic mass is 9.69. The van der Waals surface area contributed by atoms with Crippen LogP contribution in [0.1, 0.15) is 48.0 Å². The summed E-state index contributed by atoms with van der Waals surface area (Å²) >= 11 is 0. The van der Waals surface area contributed by atoms with Crippen LogP contribution in [0.3, 0.4) is 0 Å². The zero-order valence-corrected chi connectivity index (χ0v) is 15.5. The first-order chi connectivity index (χ1) is 13.6. The molecule has 0 unspecified atom stereocenters. The van der Waals surface area contributed by atoms with Gasteiger partial charge in [0.25, 0.3) is 11.6 Å². The van der Waals surface area contributed by atoms with Crippen molar-refractivity contribution < 1.29 is 19.2 Å². The van der Waals surface area contributed by atoms with Gasteiger partial charge in [0.2, 0.25) is 6.79 Å².